The Hall–Kier alpha value is -1.37. The van der Waals surface area contributed by atoms with E-state index in [0.29, 0.717) is 11.3 Å². The molecular formula is C16H25BN2O3. The molecule has 0 unspecified atom stereocenters. The van der Waals surface area contributed by atoms with Crippen LogP contribution in [-0.2, 0) is 9.31 Å². The Labute approximate surface area is 132 Å². The fraction of sp³-hybridized carbons (Fsp3) is 0.562. The summed E-state index contributed by atoms with van der Waals surface area (Å²) in [4.78, 5) is 4.28. The minimum atomic E-state index is -0.564. The molecule has 0 amide bonds. The minimum Gasteiger partial charge on any atom is -0.400 e. The molecule has 1 fully saturated rings. The molecular weight excluding hydrogens is 279 g/mol. The van der Waals surface area contributed by atoms with E-state index >= 15 is 0 Å². The van der Waals surface area contributed by atoms with E-state index in [1.807, 2.05) is 53.7 Å². The van der Waals surface area contributed by atoms with E-state index in [9.17, 15) is 5.11 Å². The zero-order valence-corrected chi connectivity index (χ0v) is 14.2. The molecule has 1 saturated heterocycles. The highest BCUT2D eigenvalue weighted by Gasteiger charge is 2.52. The number of aliphatic hydroxyl groups excluding tert-OH is 1. The average Bonchev–Trinajstić information content (AvgIpc) is 2.57. The van der Waals surface area contributed by atoms with Crippen LogP contribution in [-0.4, -0.2) is 35.0 Å². The van der Waals surface area contributed by atoms with Crippen LogP contribution in [0, 0.1) is 13.8 Å². The second kappa shape index (κ2) is 5.68. The van der Waals surface area contributed by atoms with E-state index in [1.54, 1.807) is 0 Å². The van der Waals surface area contributed by atoms with Gasteiger partial charge in [-0.05, 0) is 64.2 Å². The van der Waals surface area contributed by atoms with Gasteiger partial charge in [-0.3, -0.25) is 0 Å². The van der Waals surface area contributed by atoms with Crippen LogP contribution >= 0.6 is 0 Å². The van der Waals surface area contributed by atoms with Crippen LogP contribution in [0.4, 0.5) is 5.82 Å². The predicted molar refractivity (Wildman–Crippen MR) is 89.3 cm³/mol. The standard InChI is InChI=1S/C16H25BN2O3/c1-10-7-14(18)19-11(2)13(10)8-12(9-20)17-21-15(3,4)16(5,6)22-17/h7-8,20H,9H2,1-6H3,(H2,18,19). The third-order valence-electron chi connectivity index (χ3n) is 4.54. The molecule has 0 aromatic carbocycles. The number of hydrogen-bond donors (Lipinski definition) is 2. The molecule has 1 aliphatic rings. The number of hydrogen-bond acceptors (Lipinski definition) is 5. The largest absolute Gasteiger partial charge is 0.492 e. The molecule has 2 heterocycles. The quantitative estimate of drug-likeness (QED) is 0.838. The van der Waals surface area contributed by atoms with Gasteiger partial charge in [0.25, 0.3) is 0 Å². The summed E-state index contributed by atoms with van der Waals surface area (Å²) in [6.07, 6.45) is 1.89. The van der Waals surface area contributed by atoms with Crippen molar-refractivity contribution in [3.63, 3.8) is 0 Å². The zero-order chi connectivity index (χ0) is 16.7. The van der Waals surface area contributed by atoms with Crippen LogP contribution in [0.3, 0.4) is 0 Å². The van der Waals surface area contributed by atoms with E-state index in [-0.39, 0.29) is 6.61 Å². The Kier molecular flexibility index (Phi) is 4.39. The number of rotatable bonds is 3. The Balaban J connectivity index is 2.38. The minimum absolute atomic E-state index is 0.139. The molecule has 0 radical (unpaired) electrons. The van der Waals surface area contributed by atoms with Gasteiger partial charge in [0, 0.05) is 5.69 Å². The Morgan fingerprint density at radius 2 is 1.82 bits per heavy atom. The first kappa shape index (κ1) is 17.0. The van der Waals surface area contributed by atoms with Gasteiger partial charge in [0.2, 0.25) is 0 Å². The number of aryl methyl sites for hydroxylation is 2. The van der Waals surface area contributed by atoms with Crippen LogP contribution in [0.5, 0.6) is 0 Å². The van der Waals surface area contributed by atoms with Crippen LogP contribution in [0.1, 0.15) is 44.5 Å². The molecule has 0 aliphatic carbocycles. The van der Waals surface area contributed by atoms with Gasteiger partial charge in [-0.1, -0.05) is 6.08 Å². The number of nitrogen functional groups attached to an aromatic ring is 1. The fourth-order valence-electron chi connectivity index (χ4n) is 2.46. The Morgan fingerprint density at radius 1 is 1.27 bits per heavy atom. The molecule has 1 aromatic rings. The number of aromatic nitrogens is 1. The molecule has 6 heteroatoms. The molecule has 1 aromatic heterocycles. The fourth-order valence-corrected chi connectivity index (χ4v) is 2.46. The second-order valence-corrected chi connectivity index (χ2v) is 6.83. The molecule has 0 bridgehead atoms. The van der Waals surface area contributed by atoms with Crippen molar-refractivity contribution >= 4 is 19.0 Å². The van der Waals surface area contributed by atoms with E-state index in [4.69, 9.17) is 15.0 Å². The van der Waals surface area contributed by atoms with Gasteiger partial charge in [0.15, 0.2) is 0 Å². The summed E-state index contributed by atoms with van der Waals surface area (Å²) in [5, 5.41) is 9.75. The molecule has 2 rings (SSSR count). The Morgan fingerprint density at radius 3 is 2.27 bits per heavy atom. The number of aliphatic hydroxyl groups is 1. The summed E-state index contributed by atoms with van der Waals surface area (Å²) in [5.41, 5.74) is 8.33. The zero-order valence-electron chi connectivity index (χ0n) is 14.2. The molecule has 0 spiro atoms. The van der Waals surface area contributed by atoms with Gasteiger partial charge in [-0.15, -0.1) is 0 Å². The van der Waals surface area contributed by atoms with Crippen LogP contribution in [0.15, 0.2) is 11.5 Å². The highest BCUT2D eigenvalue weighted by atomic mass is 16.7. The predicted octanol–water partition coefficient (Wildman–Crippen LogP) is 2.29. The maximum atomic E-state index is 9.75. The molecule has 5 nitrogen and oxygen atoms in total. The van der Waals surface area contributed by atoms with Crippen molar-refractivity contribution < 1.29 is 14.4 Å². The summed E-state index contributed by atoms with van der Waals surface area (Å²) in [5.74, 6) is 0.494. The SMILES string of the molecule is Cc1cc(N)nc(C)c1C=C(CO)B1OC(C)(C)C(C)(C)O1. The van der Waals surface area contributed by atoms with Crippen molar-refractivity contribution in [1.82, 2.24) is 4.98 Å². The molecule has 22 heavy (non-hydrogen) atoms. The summed E-state index contributed by atoms with van der Waals surface area (Å²) >= 11 is 0. The van der Waals surface area contributed by atoms with Crippen LogP contribution in [0.2, 0.25) is 0 Å². The van der Waals surface area contributed by atoms with Crippen molar-refractivity contribution in [1.29, 1.82) is 0 Å². The van der Waals surface area contributed by atoms with Crippen molar-refractivity contribution in [2.24, 2.45) is 0 Å². The summed E-state index contributed by atoms with van der Waals surface area (Å²) in [6, 6.07) is 1.82. The summed E-state index contributed by atoms with van der Waals surface area (Å²) in [7, 11) is -0.564. The summed E-state index contributed by atoms with van der Waals surface area (Å²) < 4.78 is 12.0. The smallest absolute Gasteiger partial charge is 0.400 e. The lowest BCUT2D eigenvalue weighted by Crippen LogP contribution is -2.41. The van der Waals surface area contributed by atoms with Crippen molar-refractivity contribution in [3.8, 4) is 0 Å². The van der Waals surface area contributed by atoms with Crippen molar-refractivity contribution in [3.05, 3.63) is 28.4 Å². The molecule has 0 atom stereocenters. The van der Waals surface area contributed by atoms with Crippen molar-refractivity contribution in [2.45, 2.75) is 52.7 Å². The van der Waals surface area contributed by atoms with Gasteiger partial charge in [0.1, 0.15) is 5.82 Å². The monoisotopic (exact) mass is 304 g/mol. The molecule has 120 valence electrons. The first-order valence-corrected chi connectivity index (χ1v) is 7.48. The Bertz CT molecular complexity index is 572. The highest BCUT2D eigenvalue weighted by Crippen LogP contribution is 2.38. The van der Waals surface area contributed by atoms with Gasteiger partial charge in [0.05, 0.1) is 17.8 Å². The van der Waals surface area contributed by atoms with Gasteiger partial charge in [-0.25, -0.2) is 4.98 Å². The topological polar surface area (TPSA) is 77.6 Å². The van der Waals surface area contributed by atoms with E-state index in [0.717, 1.165) is 16.8 Å². The number of nitrogens with two attached hydrogens (primary N) is 1. The number of pyridine rings is 1. The number of anilines is 1. The molecule has 0 saturated carbocycles. The highest BCUT2D eigenvalue weighted by molar-refractivity contribution is 6.55. The first-order chi connectivity index (χ1) is 10.1. The second-order valence-electron chi connectivity index (χ2n) is 6.83. The molecule has 3 N–H and O–H groups in total. The normalized spacial score (nSPS) is 20.5. The lowest BCUT2D eigenvalue weighted by Gasteiger charge is -2.32. The third-order valence-corrected chi connectivity index (χ3v) is 4.54. The third kappa shape index (κ3) is 3.04. The maximum absolute atomic E-state index is 9.75. The van der Waals surface area contributed by atoms with Crippen molar-refractivity contribution in [2.75, 3.05) is 12.3 Å². The van der Waals surface area contributed by atoms with Gasteiger partial charge in [-0.2, -0.15) is 0 Å². The summed E-state index contributed by atoms with van der Waals surface area (Å²) in [6.45, 7) is 11.7. The first-order valence-electron chi connectivity index (χ1n) is 7.48. The van der Waals surface area contributed by atoms with E-state index in [2.05, 4.69) is 4.98 Å². The van der Waals surface area contributed by atoms with Gasteiger partial charge >= 0.3 is 7.12 Å². The lowest BCUT2D eigenvalue weighted by atomic mass is 9.77. The van der Waals surface area contributed by atoms with E-state index in [1.165, 1.54) is 0 Å². The maximum Gasteiger partial charge on any atom is 0.492 e. The molecule has 1 aliphatic heterocycles. The van der Waals surface area contributed by atoms with E-state index < -0.39 is 18.3 Å². The van der Waals surface area contributed by atoms with Crippen LogP contribution in [0.25, 0.3) is 6.08 Å². The van der Waals surface area contributed by atoms with Gasteiger partial charge < -0.3 is 20.1 Å². The van der Waals surface area contributed by atoms with Crippen LogP contribution < -0.4 is 5.73 Å². The average molecular weight is 304 g/mol. The lowest BCUT2D eigenvalue weighted by molar-refractivity contribution is 0.00578. The number of nitrogens with zero attached hydrogens (tertiary/aromatic N) is 1.